The van der Waals surface area contributed by atoms with E-state index in [9.17, 15) is 9.59 Å². The van der Waals surface area contributed by atoms with E-state index in [4.69, 9.17) is 9.84 Å². The molecule has 0 bridgehead atoms. The largest absolute Gasteiger partial charge is 0.491 e. The van der Waals surface area contributed by atoms with Crippen molar-refractivity contribution in [2.24, 2.45) is 0 Å². The van der Waals surface area contributed by atoms with Crippen LogP contribution in [0.3, 0.4) is 0 Å². The van der Waals surface area contributed by atoms with Crippen molar-refractivity contribution in [2.45, 2.75) is 58.6 Å². The van der Waals surface area contributed by atoms with Gasteiger partial charge >= 0.3 is 5.97 Å². The van der Waals surface area contributed by atoms with Crippen LogP contribution in [0.2, 0.25) is 0 Å². The van der Waals surface area contributed by atoms with E-state index < -0.39 is 5.97 Å². The van der Waals surface area contributed by atoms with E-state index in [1.54, 1.807) is 6.07 Å². The summed E-state index contributed by atoms with van der Waals surface area (Å²) >= 11 is 0. The third-order valence-corrected chi connectivity index (χ3v) is 4.42. The molecule has 0 radical (unpaired) electrons. The van der Waals surface area contributed by atoms with Crippen molar-refractivity contribution in [1.82, 2.24) is 4.57 Å². The lowest BCUT2D eigenvalue weighted by Gasteiger charge is -2.19. The van der Waals surface area contributed by atoms with Gasteiger partial charge in [-0.25, -0.2) is 0 Å². The molecule has 1 aromatic heterocycles. The average Bonchev–Trinajstić information content (AvgIpc) is 3.30. The number of fused-ring (bicyclic) bond motifs is 1. The van der Waals surface area contributed by atoms with E-state index in [1.807, 2.05) is 32.9 Å². The van der Waals surface area contributed by atoms with Gasteiger partial charge in [0.1, 0.15) is 5.75 Å². The molecule has 0 aliphatic heterocycles. The third-order valence-electron chi connectivity index (χ3n) is 4.42. The van der Waals surface area contributed by atoms with Crippen LogP contribution in [-0.2, 0) is 11.2 Å². The van der Waals surface area contributed by atoms with Crippen molar-refractivity contribution in [3.05, 3.63) is 39.7 Å². The number of aromatic nitrogens is 1. The van der Waals surface area contributed by atoms with Crippen molar-refractivity contribution in [3.8, 4) is 5.75 Å². The van der Waals surface area contributed by atoms with Gasteiger partial charge in [0.05, 0.1) is 11.6 Å². The van der Waals surface area contributed by atoms with Crippen molar-refractivity contribution >= 4 is 16.9 Å². The molecule has 0 unspecified atom stereocenters. The van der Waals surface area contributed by atoms with Crippen LogP contribution in [0.15, 0.2) is 23.0 Å². The molecular weight excluding hydrogens is 306 g/mol. The number of nitrogens with zero attached hydrogens (tertiary/aromatic N) is 1. The lowest BCUT2D eigenvalue weighted by atomic mass is 10.0. The zero-order valence-corrected chi connectivity index (χ0v) is 14.3. The van der Waals surface area contributed by atoms with Crippen molar-refractivity contribution in [1.29, 1.82) is 0 Å². The molecule has 24 heavy (non-hydrogen) atoms. The van der Waals surface area contributed by atoms with Gasteiger partial charge in [-0.15, -0.1) is 0 Å². The second-order valence-corrected chi connectivity index (χ2v) is 6.73. The Bertz CT molecular complexity index is 847. The fraction of sp³-hybridized carbons (Fsp3) is 0.474. The van der Waals surface area contributed by atoms with Crippen LogP contribution in [0, 0.1) is 6.92 Å². The molecule has 1 saturated carbocycles. The van der Waals surface area contributed by atoms with E-state index in [0.29, 0.717) is 17.0 Å². The molecular formula is C19H23NO4. The monoisotopic (exact) mass is 329 g/mol. The standard InChI is InChI=1S/C19H23NO4/c1-11(2)24-14-6-7-16-17(10-14)20(13-4-5-13)12(3)15(19(16)23)8-9-18(21)22/h6-7,10-11,13H,4-5,8-9H2,1-3H3,(H,21,22). The van der Waals surface area contributed by atoms with E-state index >= 15 is 0 Å². The molecule has 0 saturated heterocycles. The minimum atomic E-state index is -0.882. The zero-order chi connectivity index (χ0) is 17.4. The third kappa shape index (κ3) is 3.16. The van der Waals surface area contributed by atoms with Gasteiger partial charge in [-0.05, 0) is 52.2 Å². The number of hydrogen-bond acceptors (Lipinski definition) is 3. The van der Waals surface area contributed by atoms with Gasteiger partial charge in [0.2, 0.25) is 0 Å². The van der Waals surface area contributed by atoms with Gasteiger partial charge in [0.15, 0.2) is 5.43 Å². The maximum atomic E-state index is 12.8. The molecule has 1 aliphatic rings. The first-order chi connectivity index (χ1) is 11.4. The summed E-state index contributed by atoms with van der Waals surface area (Å²) in [6.07, 6.45) is 2.49. The van der Waals surface area contributed by atoms with Gasteiger partial charge in [0.25, 0.3) is 0 Å². The number of hydrogen-bond donors (Lipinski definition) is 1. The number of pyridine rings is 1. The van der Waals surface area contributed by atoms with E-state index in [-0.39, 0.29) is 24.4 Å². The molecule has 0 spiro atoms. The average molecular weight is 329 g/mol. The minimum Gasteiger partial charge on any atom is -0.491 e. The Morgan fingerprint density at radius 1 is 1.38 bits per heavy atom. The molecule has 1 N–H and O–H groups in total. The number of benzene rings is 1. The van der Waals surface area contributed by atoms with E-state index in [0.717, 1.165) is 29.8 Å². The Kier molecular flexibility index (Phi) is 4.35. The van der Waals surface area contributed by atoms with Gasteiger partial charge in [-0.2, -0.15) is 0 Å². The number of rotatable bonds is 6. The Balaban J connectivity index is 2.18. The molecule has 5 heteroatoms. The topological polar surface area (TPSA) is 68.5 Å². The lowest BCUT2D eigenvalue weighted by molar-refractivity contribution is -0.136. The highest BCUT2D eigenvalue weighted by Gasteiger charge is 2.28. The molecule has 0 atom stereocenters. The summed E-state index contributed by atoms with van der Waals surface area (Å²) in [7, 11) is 0. The molecule has 1 fully saturated rings. The van der Waals surface area contributed by atoms with Crippen molar-refractivity contribution < 1.29 is 14.6 Å². The van der Waals surface area contributed by atoms with Crippen LogP contribution in [0.1, 0.15) is 50.4 Å². The predicted molar refractivity (Wildman–Crippen MR) is 92.9 cm³/mol. The van der Waals surface area contributed by atoms with Crippen molar-refractivity contribution in [2.75, 3.05) is 0 Å². The highest BCUT2D eigenvalue weighted by atomic mass is 16.5. The fourth-order valence-electron chi connectivity index (χ4n) is 3.23. The van der Waals surface area contributed by atoms with Gasteiger partial charge < -0.3 is 14.4 Å². The Labute approximate surface area is 140 Å². The first kappa shape index (κ1) is 16.6. The molecule has 1 aliphatic carbocycles. The summed E-state index contributed by atoms with van der Waals surface area (Å²) in [6, 6.07) is 5.95. The van der Waals surface area contributed by atoms with E-state index in [2.05, 4.69) is 4.57 Å². The molecule has 3 rings (SSSR count). The summed E-state index contributed by atoms with van der Waals surface area (Å²) in [4.78, 5) is 23.8. The van der Waals surface area contributed by atoms with E-state index in [1.165, 1.54) is 0 Å². The Morgan fingerprint density at radius 3 is 2.67 bits per heavy atom. The van der Waals surface area contributed by atoms with Crippen LogP contribution >= 0.6 is 0 Å². The molecule has 5 nitrogen and oxygen atoms in total. The van der Waals surface area contributed by atoms with Crippen LogP contribution in [0.25, 0.3) is 10.9 Å². The lowest BCUT2D eigenvalue weighted by Crippen LogP contribution is -2.19. The molecule has 1 aromatic carbocycles. The quantitative estimate of drug-likeness (QED) is 0.881. The van der Waals surface area contributed by atoms with Crippen LogP contribution in [0.4, 0.5) is 0 Å². The highest BCUT2D eigenvalue weighted by molar-refractivity contribution is 5.82. The van der Waals surface area contributed by atoms with Crippen LogP contribution in [-0.4, -0.2) is 21.7 Å². The molecule has 128 valence electrons. The summed E-state index contributed by atoms with van der Waals surface area (Å²) in [5, 5.41) is 9.60. The normalized spacial score (nSPS) is 14.3. The number of aliphatic carboxylic acids is 1. The Morgan fingerprint density at radius 2 is 2.08 bits per heavy atom. The maximum absolute atomic E-state index is 12.8. The van der Waals surface area contributed by atoms with Gasteiger partial charge in [-0.3, -0.25) is 9.59 Å². The second kappa shape index (κ2) is 6.30. The molecule has 1 heterocycles. The maximum Gasteiger partial charge on any atom is 0.303 e. The Hall–Kier alpha value is -2.30. The van der Waals surface area contributed by atoms with Gasteiger partial charge in [-0.1, -0.05) is 0 Å². The highest BCUT2D eigenvalue weighted by Crippen LogP contribution is 2.39. The summed E-state index contributed by atoms with van der Waals surface area (Å²) < 4.78 is 7.97. The fourth-order valence-corrected chi connectivity index (χ4v) is 3.23. The zero-order valence-electron chi connectivity index (χ0n) is 14.3. The van der Waals surface area contributed by atoms with Crippen molar-refractivity contribution in [3.63, 3.8) is 0 Å². The smallest absolute Gasteiger partial charge is 0.303 e. The molecule has 0 amide bonds. The van der Waals surface area contributed by atoms with Crippen LogP contribution in [0.5, 0.6) is 5.75 Å². The first-order valence-corrected chi connectivity index (χ1v) is 8.44. The number of ether oxygens (including phenoxy) is 1. The first-order valence-electron chi connectivity index (χ1n) is 8.44. The second-order valence-electron chi connectivity index (χ2n) is 6.73. The number of carboxylic acids is 1. The summed E-state index contributed by atoms with van der Waals surface area (Å²) in [5.41, 5.74) is 2.33. The van der Waals surface area contributed by atoms with Gasteiger partial charge in [0, 0.05) is 35.2 Å². The number of carbonyl (C=O) groups is 1. The van der Waals surface area contributed by atoms with Crippen LogP contribution < -0.4 is 10.2 Å². The number of carboxylic acid groups (broad SMARTS) is 1. The minimum absolute atomic E-state index is 0.0270. The summed E-state index contributed by atoms with van der Waals surface area (Å²) in [6.45, 7) is 5.86. The predicted octanol–water partition coefficient (Wildman–Crippen LogP) is 3.45. The molecule has 2 aromatic rings. The SMILES string of the molecule is Cc1c(CCC(=O)O)c(=O)c2ccc(OC(C)C)cc2n1C1CC1. The summed E-state index contributed by atoms with van der Waals surface area (Å²) in [5.74, 6) is -0.128.